The maximum Gasteiger partial charge on any atom is 0.143 e. The lowest BCUT2D eigenvalue weighted by Gasteiger charge is -2.28. The van der Waals surface area contributed by atoms with Crippen LogP contribution in [0.5, 0.6) is 5.75 Å². The molecule has 3 nitrogen and oxygen atoms in total. The Kier molecular flexibility index (Phi) is 4.74. The minimum atomic E-state index is -0.851. The van der Waals surface area contributed by atoms with Crippen LogP contribution in [0.3, 0.4) is 0 Å². The van der Waals surface area contributed by atoms with Crippen molar-refractivity contribution in [1.29, 1.82) is 0 Å². The predicted octanol–water partition coefficient (Wildman–Crippen LogP) is 2.88. The molecule has 0 amide bonds. The average Bonchev–Trinajstić information content (AvgIpc) is 2.29. The summed E-state index contributed by atoms with van der Waals surface area (Å²) in [6, 6.07) is 3.67. The molecule has 0 aliphatic carbocycles. The van der Waals surface area contributed by atoms with Crippen molar-refractivity contribution < 1.29 is 9.84 Å². The van der Waals surface area contributed by atoms with Crippen molar-refractivity contribution in [2.24, 2.45) is 0 Å². The first-order valence-electron chi connectivity index (χ1n) is 5.89. The quantitative estimate of drug-likeness (QED) is 0.806. The zero-order valence-corrected chi connectivity index (χ0v) is 10.4. The van der Waals surface area contributed by atoms with Gasteiger partial charge in [0.05, 0.1) is 7.11 Å². The number of pyridine rings is 1. The Morgan fingerprint density at radius 1 is 1.31 bits per heavy atom. The van der Waals surface area contributed by atoms with Crippen LogP contribution in [0.1, 0.15) is 45.2 Å². The summed E-state index contributed by atoms with van der Waals surface area (Å²) in [5.41, 5.74) is -0.183. The summed E-state index contributed by atoms with van der Waals surface area (Å²) in [7, 11) is 1.61. The maximum absolute atomic E-state index is 10.7. The molecule has 0 saturated carbocycles. The van der Waals surface area contributed by atoms with E-state index in [2.05, 4.69) is 18.8 Å². The van der Waals surface area contributed by atoms with Crippen molar-refractivity contribution in [3.8, 4) is 5.75 Å². The number of hydrogen-bond acceptors (Lipinski definition) is 3. The zero-order valence-electron chi connectivity index (χ0n) is 10.4. The molecule has 3 heteroatoms. The fraction of sp³-hybridized carbons (Fsp3) is 0.615. The van der Waals surface area contributed by atoms with Gasteiger partial charge < -0.3 is 9.84 Å². The lowest BCUT2D eigenvalue weighted by molar-refractivity contribution is 0.0104. The molecule has 0 fully saturated rings. The second-order valence-electron chi connectivity index (χ2n) is 4.09. The number of rotatable bonds is 6. The third-order valence-corrected chi connectivity index (χ3v) is 2.76. The highest BCUT2D eigenvalue weighted by Gasteiger charge is 2.31. The van der Waals surface area contributed by atoms with Gasteiger partial charge in [-0.1, -0.05) is 26.7 Å². The molecule has 1 aromatic rings. The fourth-order valence-electron chi connectivity index (χ4n) is 2.09. The first kappa shape index (κ1) is 13.0. The van der Waals surface area contributed by atoms with Gasteiger partial charge in [0.2, 0.25) is 0 Å². The van der Waals surface area contributed by atoms with E-state index in [0.29, 0.717) is 24.3 Å². The highest BCUT2D eigenvalue weighted by molar-refractivity contribution is 5.31. The topological polar surface area (TPSA) is 42.4 Å². The molecule has 0 saturated heterocycles. The lowest BCUT2D eigenvalue weighted by Crippen LogP contribution is -2.27. The minimum absolute atomic E-state index is 0.668. The molecule has 16 heavy (non-hydrogen) atoms. The molecule has 1 N–H and O–H groups in total. The molecule has 0 radical (unpaired) electrons. The second-order valence-corrected chi connectivity index (χ2v) is 4.09. The van der Waals surface area contributed by atoms with E-state index >= 15 is 0 Å². The molecule has 0 spiro atoms. The summed E-state index contributed by atoms with van der Waals surface area (Å²) in [5, 5.41) is 10.7. The van der Waals surface area contributed by atoms with E-state index in [1.54, 1.807) is 13.3 Å². The highest BCUT2D eigenvalue weighted by atomic mass is 16.5. The molecule has 0 bridgehead atoms. The first-order valence-corrected chi connectivity index (χ1v) is 5.89. The summed E-state index contributed by atoms with van der Waals surface area (Å²) in [6.07, 6.45) is 4.99. The van der Waals surface area contributed by atoms with Gasteiger partial charge in [0.25, 0.3) is 0 Å². The van der Waals surface area contributed by atoms with E-state index in [1.807, 2.05) is 12.1 Å². The molecule has 0 atom stereocenters. The first-order chi connectivity index (χ1) is 7.68. The molecule has 0 aromatic carbocycles. The monoisotopic (exact) mass is 223 g/mol. The van der Waals surface area contributed by atoms with E-state index < -0.39 is 5.60 Å². The highest BCUT2D eigenvalue weighted by Crippen LogP contribution is 2.35. The van der Waals surface area contributed by atoms with Gasteiger partial charge in [0.15, 0.2) is 0 Å². The Morgan fingerprint density at radius 3 is 2.44 bits per heavy atom. The summed E-state index contributed by atoms with van der Waals surface area (Å²) >= 11 is 0. The van der Waals surface area contributed by atoms with Crippen LogP contribution < -0.4 is 4.74 Å². The van der Waals surface area contributed by atoms with Gasteiger partial charge in [0, 0.05) is 6.20 Å². The van der Waals surface area contributed by atoms with Crippen LogP contribution in [0, 0.1) is 0 Å². The molecule has 1 heterocycles. The van der Waals surface area contributed by atoms with Crippen LogP contribution >= 0.6 is 0 Å². The van der Waals surface area contributed by atoms with Crippen LogP contribution in [-0.2, 0) is 5.60 Å². The van der Waals surface area contributed by atoms with Crippen LogP contribution in [0.4, 0.5) is 0 Å². The molecule has 1 rings (SSSR count). The Balaban J connectivity index is 3.09. The standard InChI is InChI=1S/C13H21NO2/c1-4-8-13(15,9-5-2)12-11(16-3)7-6-10-14-12/h6-7,10,15H,4-5,8-9H2,1-3H3. The van der Waals surface area contributed by atoms with Crippen molar-refractivity contribution in [2.75, 3.05) is 7.11 Å². The number of aliphatic hydroxyl groups is 1. The van der Waals surface area contributed by atoms with E-state index in [-0.39, 0.29) is 0 Å². The molecule has 0 aliphatic heterocycles. The van der Waals surface area contributed by atoms with E-state index in [1.165, 1.54) is 0 Å². The van der Waals surface area contributed by atoms with Crippen molar-refractivity contribution in [3.05, 3.63) is 24.0 Å². The number of ether oxygens (including phenoxy) is 1. The van der Waals surface area contributed by atoms with Crippen LogP contribution in [0.2, 0.25) is 0 Å². The smallest absolute Gasteiger partial charge is 0.143 e. The third-order valence-electron chi connectivity index (χ3n) is 2.76. The van der Waals surface area contributed by atoms with Gasteiger partial charge >= 0.3 is 0 Å². The van der Waals surface area contributed by atoms with Gasteiger partial charge in [-0.3, -0.25) is 4.98 Å². The lowest BCUT2D eigenvalue weighted by atomic mass is 9.88. The Bertz CT molecular complexity index is 319. The Morgan fingerprint density at radius 2 is 1.94 bits per heavy atom. The number of aromatic nitrogens is 1. The molecule has 0 unspecified atom stereocenters. The Labute approximate surface area is 97.5 Å². The number of nitrogens with zero attached hydrogens (tertiary/aromatic N) is 1. The minimum Gasteiger partial charge on any atom is -0.495 e. The maximum atomic E-state index is 10.7. The van der Waals surface area contributed by atoms with Crippen LogP contribution in [0.25, 0.3) is 0 Å². The van der Waals surface area contributed by atoms with Crippen LogP contribution in [-0.4, -0.2) is 17.2 Å². The van der Waals surface area contributed by atoms with Crippen molar-refractivity contribution in [2.45, 2.75) is 45.1 Å². The normalized spacial score (nSPS) is 11.5. The van der Waals surface area contributed by atoms with Gasteiger partial charge in [-0.15, -0.1) is 0 Å². The van der Waals surface area contributed by atoms with Gasteiger partial charge in [-0.25, -0.2) is 0 Å². The van der Waals surface area contributed by atoms with E-state index in [4.69, 9.17) is 4.74 Å². The second kappa shape index (κ2) is 5.85. The molecule has 1 aromatic heterocycles. The number of methoxy groups -OCH3 is 1. The van der Waals surface area contributed by atoms with E-state index in [9.17, 15) is 5.11 Å². The van der Waals surface area contributed by atoms with Gasteiger partial charge in [-0.2, -0.15) is 0 Å². The molecule has 0 aliphatic rings. The molecule has 90 valence electrons. The summed E-state index contributed by atoms with van der Waals surface area (Å²) in [5.74, 6) is 0.673. The van der Waals surface area contributed by atoms with Crippen LogP contribution in [0.15, 0.2) is 18.3 Å². The molecular weight excluding hydrogens is 202 g/mol. The summed E-state index contributed by atoms with van der Waals surface area (Å²) in [6.45, 7) is 4.13. The predicted molar refractivity (Wildman–Crippen MR) is 64.5 cm³/mol. The SMILES string of the molecule is CCCC(O)(CCC)c1ncccc1OC. The summed E-state index contributed by atoms with van der Waals surface area (Å²) < 4.78 is 5.26. The van der Waals surface area contributed by atoms with Crippen molar-refractivity contribution in [1.82, 2.24) is 4.98 Å². The average molecular weight is 223 g/mol. The van der Waals surface area contributed by atoms with Gasteiger partial charge in [-0.05, 0) is 25.0 Å². The van der Waals surface area contributed by atoms with Crippen molar-refractivity contribution in [3.63, 3.8) is 0 Å². The fourth-order valence-corrected chi connectivity index (χ4v) is 2.09. The Hall–Kier alpha value is -1.09. The molecular formula is C13H21NO2. The summed E-state index contributed by atoms with van der Waals surface area (Å²) in [4.78, 5) is 4.28. The third kappa shape index (κ3) is 2.73. The largest absolute Gasteiger partial charge is 0.495 e. The zero-order chi connectivity index (χ0) is 12.0. The number of hydrogen-bond donors (Lipinski definition) is 1. The van der Waals surface area contributed by atoms with E-state index in [0.717, 1.165) is 12.8 Å². The van der Waals surface area contributed by atoms with Gasteiger partial charge in [0.1, 0.15) is 17.0 Å². The van der Waals surface area contributed by atoms with Crippen molar-refractivity contribution >= 4 is 0 Å².